The van der Waals surface area contributed by atoms with Crippen molar-refractivity contribution in [1.82, 2.24) is 10.3 Å². The molecule has 7 nitrogen and oxygen atoms in total. The summed E-state index contributed by atoms with van der Waals surface area (Å²) in [6, 6.07) is 8.56. The number of para-hydroxylation sites is 1. The summed E-state index contributed by atoms with van der Waals surface area (Å²) in [4.78, 5) is 42.4. The molecule has 1 aliphatic heterocycles. The Bertz CT molecular complexity index is 1020. The lowest BCUT2D eigenvalue weighted by Crippen LogP contribution is -2.44. The van der Waals surface area contributed by atoms with Crippen molar-refractivity contribution in [3.05, 3.63) is 52.8 Å². The maximum absolute atomic E-state index is 13.2. The first-order valence-electron chi connectivity index (χ1n) is 11.9. The molecule has 1 aliphatic carbocycles. The van der Waals surface area contributed by atoms with E-state index in [1.54, 1.807) is 0 Å². The first kappa shape index (κ1) is 23.2. The van der Waals surface area contributed by atoms with E-state index in [0.29, 0.717) is 48.6 Å². The number of unbranched alkanes of at least 4 members (excludes halogenated alkanes) is 1. The quantitative estimate of drug-likeness (QED) is 0.588. The topological polar surface area (TPSA) is 100 Å². The number of aromatic nitrogens is 1. The van der Waals surface area contributed by atoms with Gasteiger partial charge in [0, 0.05) is 36.6 Å². The van der Waals surface area contributed by atoms with Gasteiger partial charge in [-0.3, -0.25) is 14.4 Å². The van der Waals surface area contributed by atoms with Crippen molar-refractivity contribution >= 4 is 23.3 Å². The molecule has 2 amide bonds. The van der Waals surface area contributed by atoms with Crippen LogP contribution in [0.15, 0.2) is 30.3 Å². The Balaban J connectivity index is 1.52. The molecular formula is C26H33N3O4. The van der Waals surface area contributed by atoms with Gasteiger partial charge in [-0.05, 0) is 55.7 Å². The van der Waals surface area contributed by atoms with Crippen molar-refractivity contribution < 1.29 is 19.1 Å². The van der Waals surface area contributed by atoms with Crippen LogP contribution >= 0.6 is 0 Å². The Labute approximate surface area is 194 Å². The van der Waals surface area contributed by atoms with Crippen LogP contribution in [0.5, 0.6) is 0 Å². The van der Waals surface area contributed by atoms with Gasteiger partial charge in [0.1, 0.15) is 11.7 Å². The molecule has 33 heavy (non-hydrogen) atoms. The summed E-state index contributed by atoms with van der Waals surface area (Å²) >= 11 is 0. The predicted octanol–water partition coefficient (Wildman–Crippen LogP) is 4.18. The Kier molecular flexibility index (Phi) is 6.98. The number of hydrogen-bond acceptors (Lipinski definition) is 4. The minimum Gasteiger partial charge on any atom is -0.381 e. The fourth-order valence-corrected chi connectivity index (χ4v) is 5.08. The highest BCUT2D eigenvalue weighted by atomic mass is 16.5. The minimum atomic E-state index is -0.657. The van der Waals surface area contributed by atoms with Crippen molar-refractivity contribution in [2.45, 2.75) is 64.8 Å². The van der Waals surface area contributed by atoms with Gasteiger partial charge >= 0.3 is 0 Å². The van der Waals surface area contributed by atoms with Crippen LogP contribution in [-0.2, 0) is 16.0 Å². The number of carbonyl (C=O) groups excluding carboxylic acids is 3. The van der Waals surface area contributed by atoms with Crippen molar-refractivity contribution in [2.24, 2.45) is 5.41 Å². The van der Waals surface area contributed by atoms with Gasteiger partial charge in [0.15, 0.2) is 5.78 Å². The Morgan fingerprint density at radius 1 is 1.15 bits per heavy atom. The van der Waals surface area contributed by atoms with E-state index in [-0.39, 0.29) is 23.0 Å². The number of nitrogens with one attached hydrogen (secondary N) is 3. The van der Waals surface area contributed by atoms with Gasteiger partial charge < -0.3 is 20.4 Å². The van der Waals surface area contributed by atoms with Gasteiger partial charge in [0.2, 0.25) is 5.91 Å². The number of ether oxygens (including phenoxy) is 1. The van der Waals surface area contributed by atoms with E-state index in [4.69, 9.17) is 4.74 Å². The first-order chi connectivity index (χ1) is 15.9. The van der Waals surface area contributed by atoms with Crippen molar-refractivity contribution in [2.75, 3.05) is 18.5 Å². The number of aromatic amines is 1. The second-order valence-corrected chi connectivity index (χ2v) is 9.39. The predicted molar refractivity (Wildman–Crippen MR) is 127 cm³/mol. The van der Waals surface area contributed by atoms with E-state index in [1.165, 1.54) is 0 Å². The molecule has 176 valence electrons. The molecule has 1 aromatic carbocycles. The molecule has 0 bridgehead atoms. The number of Topliss-reactive ketones (excluding diaryl/α,β-unsaturated/α-hetero) is 1. The van der Waals surface area contributed by atoms with Crippen LogP contribution < -0.4 is 10.6 Å². The number of rotatable bonds is 7. The van der Waals surface area contributed by atoms with Crippen LogP contribution in [-0.4, -0.2) is 41.8 Å². The molecule has 0 saturated carbocycles. The van der Waals surface area contributed by atoms with Crippen LogP contribution in [0.2, 0.25) is 0 Å². The van der Waals surface area contributed by atoms with Crippen molar-refractivity contribution in [3.8, 4) is 0 Å². The van der Waals surface area contributed by atoms with Gasteiger partial charge in [-0.2, -0.15) is 0 Å². The summed E-state index contributed by atoms with van der Waals surface area (Å²) in [7, 11) is 0. The standard InChI is InChI=1S/C26H33N3O4/c1-3-4-10-19(24(31)27-18-8-6-5-7-9-18)29-25(32)23-17(2)22-20(28-23)15-26(16-21(22)30)11-13-33-14-12-26/h5-9,19,28H,3-4,10-16H2,1-2H3,(H,27,31)(H,29,32)/t19-/m0/s1. The maximum Gasteiger partial charge on any atom is 0.268 e. The third kappa shape index (κ3) is 5.03. The number of fused-ring (bicyclic) bond motifs is 1. The third-order valence-electron chi connectivity index (χ3n) is 6.98. The summed E-state index contributed by atoms with van der Waals surface area (Å²) in [6.45, 7) is 5.21. The first-order valence-corrected chi connectivity index (χ1v) is 11.9. The highest BCUT2D eigenvalue weighted by molar-refractivity contribution is 6.06. The normalized spacial score (nSPS) is 17.9. The van der Waals surface area contributed by atoms with Crippen LogP contribution in [0.3, 0.4) is 0 Å². The van der Waals surface area contributed by atoms with E-state index in [2.05, 4.69) is 22.5 Å². The Morgan fingerprint density at radius 2 is 1.88 bits per heavy atom. The molecule has 1 atom stereocenters. The van der Waals surface area contributed by atoms with E-state index < -0.39 is 6.04 Å². The highest BCUT2D eigenvalue weighted by Gasteiger charge is 2.42. The average molecular weight is 452 g/mol. The van der Waals surface area contributed by atoms with E-state index in [0.717, 1.165) is 37.8 Å². The molecule has 1 saturated heterocycles. The molecule has 2 heterocycles. The lowest BCUT2D eigenvalue weighted by atomic mass is 9.68. The third-order valence-corrected chi connectivity index (χ3v) is 6.98. The van der Waals surface area contributed by atoms with Gasteiger partial charge in [0.25, 0.3) is 5.91 Å². The van der Waals surface area contributed by atoms with Crippen LogP contribution in [0.4, 0.5) is 5.69 Å². The zero-order chi connectivity index (χ0) is 23.4. The number of hydrogen-bond donors (Lipinski definition) is 3. The molecule has 0 radical (unpaired) electrons. The molecule has 2 aromatic rings. The minimum absolute atomic E-state index is 0.0768. The molecular weight excluding hydrogens is 418 g/mol. The summed E-state index contributed by atoms with van der Waals surface area (Å²) in [6.07, 6.45) is 5.24. The fraction of sp³-hybridized carbons (Fsp3) is 0.500. The molecule has 1 aromatic heterocycles. The molecule has 0 unspecified atom stereocenters. The van der Waals surface area contributed by atoms with Crippen molar-refractivity contribution in [1.29, 1.82) is 0 Å². The zero-order valence-corrected chi connectivity index (χ0v) is 19.5. The van der Waals surface area contributed by atoms with Crippen molar-refractivity contribution in [3.63, 3.8) is 0 Å². The second kappa shape index (κ2) is 9.91. The molecule has 4 rings (SSSR count). The summed E-state index contributed by atoms with van der Waals surface area (Å²) in [5.41, 5.74) is 3.16. The number of H-pyrrole nitrogens is 1. The molecule has 1 fully saturated rings. The average Bonchev–Trinajstić information content (AvgIpc) is 3.13. The summed E-state index contributed by atoms with van der Waals surface area (Å²) < 4.78 is 5.50. The monoisotopic (exact) mass is 451 g/mol. The van der Waals surface area contributed by atoms with E-state index in [9.17, 15) is 14.4 Å². The number of ketones is 1. The second-order valence-electron chi connectivity index (χ2n) is 9.39. The summed E-state index contributed by atoms with van der Waals surface area (Å²) in [5, 5.41) is 5.80. The number of amides is 2. The largest absolute Gasteiger partial charge is 0.381 e. The van der Waals surface area contributed by atoms with Gasteiger partial charge in [0.05, 0.1) is 0 Å². The fourth-order valence-electron chi connectivity index (χ4n) is 5.08. The molecule has 1 spiro atoms. The smallest absolute Gasteiger partial charge is 0.268 e. The maximum atomic E-state index is 13.2. The zero-order valence-electron chi connectivity index (χ0n) is 19.5. The van der Waals surface area contributed by atoms with Crippen LogP contribution in [0.25, 0.3) is 0 Å². The lowest BCUT2D eigenvalue weighted by Gasteiger charge is -2.39. The van der Waals surface area contributed by atoms with E-state index in [1.807, 2.05) is 37.3 Å². The molecule has 3 N–H and O–H groups in total. The van der Waals surface area contributed by atoms with Gasteiger partial charge in [-0.25, -0.2) is 0 Å². The lowest BCUT2D eigenvalue weighted by molar-refractivity contribution is -0.118. The number of benzene rings is 1. The molecule has 7 heteroatoms. The molecule has 2 aliphatic rings. The van der Waals surface area contributed by atoms with Gasteiger partial charge in [-0.15, -0.1) is 0 Å². The van der Waals surface area contributed by atoms with Crippen LogP contribution in [0.1, 0.15) is 77.6 Å². The highest BCUT2D eigenvalue weighted by Crippen LogP contribution is 2.44. The van der Waals surface area contributed by atoms with E-state index >= 15 is 0 Å². The van der Waals surface area contributed by atoms with Gasteiger partial charge in [-0.1, -0.05) is 38.0 Å². The SMILES string of the molecule is CCCC[C@H](NC(=O)c1[nH]c2c(c1C)C(=O)CC1(CCOCC1)C2)C(=O)Nc1ccccc1. The van der Waals surface area contributed by atoms with Crippen LogP contribution in [0, 0.1) is 12.3 Å². The number of carbonyl (C=O) groups is 3. The number of anilines is 1. The summed E-state index contributed by atoms with van der Waals surface area (Å²) in [5.74, 6) is -0.496. The Morgan fingerprint density at radius 3 is 2.58 bits per heavy atom. The Hall–Kier alpha value is -2.93.